The molecule has 8 heteroatoms. The van der Waals surface area contributed by atoms with Crippen molar-refractivity contribution in [2.24, 2.45) is 0 Å². The molecule has 0 saturated carbocycles. The van der Waals surface area contributed by atoms with Gasteiger partial charge in [-0.2, -0.15) is 0 Å². The molecule has 24 heavy (non-hydrogen) atoms. The molecule has 0 spiro atoms. The molecule has 0 radical (unpaired) electrons. The van der Waals surface area contributed by atoms with E-state index in [2.05, 4.69) is 5.32 Å². The lowest BCUT2D eigenvalue weighted by Crippen LogP contribution is -2.55. The second kappa shape index (κ2) is 8.70. The zero-order chi connectivity index (χ0) is 16.9. The van der Waals surface area contributed by atoms with Crippen LogP contribution in [0.25, 0.3) is 0 Å². The van der Waals surface area contributed by atoms with Crippen LogP contribution in [-0.2, 0) is 13.6 Å². The van der Waals surface area contributed by atoms with Crippen molar-refractivity contribution < 1.29 is 24.3 Å². The topological polar surface area (TPSA) is 109 Å². The molecule has 1 atom stereocenters. The first-order chi connectivity index (χ1) is 11.0. The Morgan fingerprint density at radius 3 is 2.00 bits per heavy atom. The number of hydrogen-bond acceptors (Lipinski definition) is 6. The highest BCUT2D eigenvalue weighted by atomic mass is 31.2. The maximum Gasteiger partial charge on any atom is 0.356 e. The molecule has 0 aromatic heterocycles. The van der Waals surface area contributed by atoms with Crippen LogP contribution in [-0.4, -0.2) is 19.7 Å². The Labute approximate surface area is 140 Å². The Hall–Kier alpha value is -2.05. The minimum atomic E-state index is -3.42. The van der Waals surface area contributed by atoms with Crippen molar-refractivity contribution in [1.82, 2.24) is 0 Å². The van der Waals surface area contributed by atoms with Crippen LogP contribution in [0, 0.1) is 11.8 Å². The predicted octanol–water partition coefficient (Wildman–Crippen LogP) is 2.89. The van der Waals surface area contributed by atoms with Gasteiger partial charge in [-0.15, -0.1) is 0 Å². The molecule has 2 rings (SSSR count). The van der Waals surface area contributed by atoms with E-state index in [1.165, 1.54) is 14.2 Å². The van der Waals surface area contributed by atoms with Crippen molar-refractivity contribution in [2.75, 3.05) is 19.5 Å². The number of hydrogen-bond donors (Lipinski definition) is 2. The van der Waals surface area contributed by atoms with Crippen molar-refractivity contribution in [3.8, 4) is 0 Å². The lowest BCUT2D eigenvalue weighted by Gasteiger charge is -2.26. The highest BCUT2D eigenvalue weighted by Crippen LogP contribution is 2.59. The fourth-order valence-corrected chi connectivity index (χ4v) is 3.59. The highest BCUT2D eigenvalue weighted by molar-refractivity contribution is 7.54. The Balaban J connectivity index is 0.00000288. The fourth-order valence-electron chi connectivity index (χ4n) is 2.17. The van der Waals surface area contributed by atoms with E-state index in [1.807, 2.05) is 36.4 Å². The minimum absolute atomic E-state index is 0. The van der Waals surface area contributed by atoms with Gasteiger partial charge < -0.3 is 19.8 Å². The summed E-state index contributed by atoms with van der Waals surface area (Å²) in [6.07, 6.45) is 0. The van der Waals surface area contributed by atoms with Gasteiger partial charge in [-0.1, -0.05) is 17.7 Å². The normalized spacial score (nSPS) is 12.1. The summed E-state index contributed by atoms with van der Waals surface area (Å²) in [5.74, 6) is -0.694. The molecule has 0 heterocycles. The third-order valence-electron chi connectivity index (χ3n) is 3.52. The number of benzene rings is 2. The summed E-state index contributed by atoms with van der Waals surface area (Å²) in [5, 5.41) is 5.00. The molecular weight excluding hydrogens is 331 g/mol. The molecule has 0 amide bonds. The van der Waals surface area contributed by atoms with E-state index in [1.54, 1.807) is 24.3 Å². The first-order valence-corrected chi connectivity index (χ1v) is 8.66. The second-order valence-corrected chi connectivity index (χ2v) is 7.37. The molecule has 2 aromatic rings. The predicted molar refractivity (Wildman–Crippen MR) is 91.5 cm³/mol. The van der Waals surface area contributed by atoms with Crippen molar-refractivity contribution in [1.29, 1.82) is 0 Å². The minimum Gasteiger partial charge on any atom is -0.870 e. The van der Waals surface area contributed by atoms with Crippen LogP contribution < -0.4 is 10.5 Å². The van der Waals surface area contributed by atoms with Crippen LogP contribution in [0.3, 0.4) is 0 Å². The van der Waals surface area contributed by atoms with E-state index in [0.717, 1.165) is 11.3 Å². The number of nitroso groups, excluding NO2 is 1. The zero-order valence-corrected chi connectivity index (χ0v) is 14.6. The number of rotatable bonds is 7. The highest BCUT2D eigenvalue weighted by Gasteiger charge is 2.35. The van der Waals surface area contributed by atoms with Crippen LogP contribution in [0.2, 0.25) is 0 Å². The molecule has 0 aliphatic rings. The number of aryl methyl sites for hydroxylation is 1. The molecule has 0 aliphatic carbocycles. The van der Waals surface area contributed by atoms with E-state index < -0.39 is 13.4 Å². The lowest BCUT2D eigenvalue weighted by molar-refractivity contribution is -0.379. The Morgan fingerprint density at radius 2 is 1.54 bits per heavy atom. The molecule has 0 aliphatic heterocycles. The van der Waals surface area contributed by atoms with Crippen molar-refractivity contribution in [2.45, 2.75) is 12.7 Å². The van der Waals surface area contributed by atoms with Gasteiger partial charge in [0, 0.05) is 42.1 Å². The second-order valence-electron chi connectivity index (χ2n) is 5.04. The SMILES string of the molecule is COP(=O)(OC)C(Nc1ccc(C)cc1)c1ccc([NH+]=O)cc1.[OH-]. The maximum atomic E-state index is 12.9. The monoisotopic (exact) mass is 352 g/mol. The molecule has 2 aromatic carbocycles. The summed E-state index contributed by atoms with van der Waals surface area (Å²) in [6, 6.07) is 14.3. The third-order valence-corrected chi connectivity index (χ3v) is 5.60. The lowest BCUT2D eigenvalue weighted by atomic mass is 10.2. The van der Waals surface area contributed by atoms with Crippen LogP contribution in [0.5, 0.6) is 0 Å². The Bertz CT molecular complexity index is 695. The first kappa shape index (κ1) is 20.0. The molecule has 3 N–H and O–H groups in total. The molecule has 130 valence electrons. The Morgan fingerprint density at radius 1 is 1.00 bits per heavy atom. The van der Waals surface area contributed by atoms with E-state index in [4.69, 9.17) is 9.05 Å². The van der Waals surface area contributed by atoms with Crippen molar-refractivity contribution in [3.05, 3.63) is 64.6 Å². The van der Waals surface area contributed by atoms with Gasteiger partial charge in [-0.3, -0.25) is 4.57 Å². The van der Waals surface area contributed by atoms with Gasteiger partial charge in [0.25, 0.3) is 5.69 Å². The van der Waals surface area contributed by atoms with Gasteiger partial charge in [-0.05, 0) is 36.8 Å². The van der Waals surface area contributed by atoms with Gasteiger partial charge >= 0.3 is 7.60 Å². The van der Waals surface area contributed by atoms with Gasteiger partial charge in [-0.25, -0.2) is 0 Å². The Kier molecular flexibility index (Phi) is 7.25. The van der Waals surface area contributed by atoms with Gasteiger partial charge in [0.05, 0.1) is 0 Å². The summed E-state index contributed by atoms with van der Waals surface area (Å²) < 4.78 is 23.2. The van der Waals surface area contributed by atoms with E-state index in [0.29, 0.717) is 11.3 Å². The molecule has 0 fully saturated rings. The average molecular weight is 352 g/mol. The molecule has 0 saturated heterocycles. The van der Waals surface area contributed by atoms with E-state index in [9.17, 15) is 9.47 Å². The summed E-state index contributed by atoms with van der Waals surface area (Å²) >= 11 is 0. The van der Waals surface area contributed by atoms with E-state index in [-0.39, 0.29) is 5.48 Å². The average Bonchev–Trinajstić information content (AvgIpc) is 2.60. The molecule has 7 nitrogen and oxygen atoms in total. The smallest absolute Gasteiger partial charge is 0.356 e. The van der Waals surface area contributed by atoms with Crippen LogP contribution in [0.15, 0.2) is 48.5 Å². The largest absolute Gasteiger partial charge is 0.870 e. The van der Waals surface area contributed by atoms with Crippen molar-refractivity contribution >= 4 is 19.0 Å². The first-order valence-electron chi connectivity index (χ1n) is 7.05. The number of nitrogens with one attached hydrogen (secondary N) is 2. The standard InChI is InChI=1S/C16H19N2O4P.H2O/c1-12-4-8-14(9-5-12)17-16(23(20,21-2)22-3)13-6-10-15(18-19)11-7-13;/h4-11,16-17H,1-3H3;1H2. The number of anilines is 1. The van der Waals surface area contributed by atoms with Gasteiger partial charge in [0.2, 0.25) is 0 Å². The van der Waals surface area contributed by atoms with Crippen LogP contribution in [0.4, 0.5) is 11.4 Å². The van der Waals surface area contributed by atoms with E-state index >= 15 is 0 Å². The maximum absolute atomic E-state index is 12.9. The van der Waals surface area contributed by atoms with Crippen molar-refractivity contribution in [3.63, 3.8) is 0 Å². The quantitative estimate of drug-likeness (QED) is 0.742. The van der Waals surface area contributed by atoms with Gasteiger partial charge in [0.15, 0.2) is 5.78 Å². The molecule has 1 unspecified atom stereocenters. The zero-order valence-electron chi connectivity index (χ0n) is 13.7. The molecular formula is C16H21N2O5P. The molecule has 0 bridgehead atoms. The van der Waals surface area contributed by atoms with Crippen LogP contribution in [0.1, 0.15) is 16.9 Å². The third kappa shape index (κ3) is 4.49. The van der Waals surface area contributed by atoms with Gasteiger partial charge in [0.1, 0.15) is 0 Å². The summed E-state index contributed by atoms with van der Waals surface area (Å²) in [5.41, 5.74) is 3.03. The summed E-state index contributed by atoms with van der Waals surface area (Å²) in [4.78, 5) is 10.7. The summed E-state index contributed by atoms with van der Waals surface area (Å²) in [6.45, 7) is 1.99. The fraction of sp³-hybridized carbons (Fsp3) is 0.250. The van der Waals surface area contributed by atoms with Crippen LogP contribution >= 0.6 is 7.60 Å². The summed E-state index contributed by atoms with van der Waals surface area (Å²) in [7, 11) is -0.726.